The van der Waals surface area contributed by atoms with Gasteiger partial charge in [0, 0.05) is 13.1 Å². The fraction of sp³-hybridized carbons (Fsp3) is 0.316. The predicted molar refractivity (Wildman–Crippen MR) is 111 cm³/mol. The maximum Gasteiger partial charge on any atom is 0.335 e. The summed E-state index contributed by atoms with van der Waals surface area (Å²) in [6, 6.07) is 8.48. The van der Waals surface area contributed by atoms with Crippen LogP contribution in [-0.2, 0) is 10.0 Å². The van der Waals surface area contributed by atoms with Gasteiger partial charge in [-0.15, -0.1) is 0 Å². The number of carboxylic acid groups (broad SMARTS) is 1. The second-order valence-electron chi connectivity index (χ2n) is 6.91. The van der Waals surface area contributed by atoms with E-state index in [-0.39, 0.29) is 26.2 Å². The van der Waals surface area contributed by atoms with E-state index in [1.165, 1.54) is 30.3 Å². The van der Waals surface area contributed by atoms with E-state index < -0.39 is 16.0 Å². The van der Waals surface area contributed by atoms with Crippen LogP contribution in [-0.4, -0.2) is 32.6 Å². The van der Waals surface area contributed by atoms with Gasteiger partial charge in [0.1, 0.15) is 0 Å². The number of carbonyl (C=O) groups is 1. The zero-order valence-electron chi connectivity index (χ0n) is 15.2. The molecule has 28 heavy (non-hydrogen) atoms. The SMILES string of the molecule is CC1CCCN(c2ccc(C(=O)O)cc2NS(=O)(=O)c2ccc(Cl)c(Cl)c2)C1. The topological polar surface area (TPSA) is 86.7 Å². The molecule has 2 aromatic carbocycles. The van der Waals surface area contributed by atoms with Gasteiger partial charge in [0.2, 0.25) is 0 Å². The summed E-state index contributed by atoms with van der Waals surface area (Å²) in [6.07, 6.45) is 2.09. The summed E-state index contributed by atoms with van der Waals surface area (Å²) < 4.78 is 28.3. The lowest BCUT2D eigenvalue weighted by molar-refractivity contribution is 0.0697. The highest BCUT2D eigenvalue weighted by Crippen LogP contribution is 2.33. The Morgan fingerprint density at radius 3 is 2.57 bits per heavy atom. The molecule has 0 spiro atoms. The van der Waals surface area contributed by atoms with E-state index in [4.69, 9.17) is 23.2 Å². The Hall–Kier alpha value is -1.96. The number of rotatable bonds is 5. The molecule has 6 nitrogen and oxygen atoms in total. The largest absolute Gasteiger partial charge is 0.478 e. The zero-order valence-corrected chi connectivity index (χ0v) is 17.5. The van der Waals surface area contributed by atoms with Crippen molar-refractivity contribution in [3.05, 3.63) is 52.0 Å². The van der Waals surface area contributed by atoms with Crippen LogP contribution in [0.25, 0.3) is 0 Å². The predicted octanol–water partition coefficient (Wildman–Crippen LogP) is 4.73. The fourth-order valence-electron chi connectivity index (χ4n) is 3.28. The van der Waals surface area contributed by atoms with E-state index in [2.05, 4.69) is 16.5 Å². The minimum Gasteiger partial charge on any atom is -0.478 e. The van der Waals surface area contributed by atoms with Crippen LogP contribution in [0.15, 0.2) is 41.3 Å². The quantitative estimate of drug-likeness (QED) is 0.698. The second-order valence-corrected chi connectivity index (χ2v) is 9.41. The van der Waals surface area contributed by atoms with Crippen molar-refractivity contribution >= 4 is 50.6 Å². The van der Waals surface area contributed by atoms with Gasteiger partial charge in [-0.1, -0.05) is 30.1 Å². The second kappa shape index (κ2) is 8.19. The van der Waals surface area contributed by atoms with Gasteiger partial charge >= 0.3 is 5.97 Å². The van der Waals surface area contributed by atoms with Gasteiger partial charge in [0.15, 0.2) is 0 Å². The lowest BCUT2D eigenvalue weighted by Crippen LogP contribution is -2.35. The number of hydrogen-bond donors (Lipinski definition) is 2. The van der Waals surface area contributed by atoms with Crippen molar-refractivity contribution in [2.24, 2.45) is 5.92 Å². The molecule has 150 valence electrons. The molecule has 0 aromatic heterocycles. The van der Waals surface area contributed by atoms with E-state index in [9.17, 15) is 18.3 Å². The van der Waals surface area contributed by atoms with Gasteiger partial charge in [0.05, 0.1) is 31.9 Å². The van der Waals surface area contributed by atoms with Crippen LogP contribution in [0, 0.1) is 5.92 Å². The number of sulfonamides is 1. The highest BCUT2D eigenvalue weighted by Gasteiger charge is 2.23. The maximum atomic E-state index is 12.9. The molecular weight excluding hydrogens is 423 g/mol. The fourth-order valence-corrected chi connectivity index (χ4v) is 4.74. The number of aromatic carboxylic acids is 1. The van der Waals surface area contributed by atoms with Crippen molar-refractivity contribution in [1.82, 2.24) is 0 Å². The van der Waals surface area contributed by atoms with Gasteiger partial charge in [0.25, 0.3) is 10.0 Å². The minimum atomic E-state index is -3.98. The summed E-state index contributed by atoms with van der Waals surface area (Å²) in [4.78, 5) is 13.4. The van der Waals surface area contributed by atoms with Crippen molar-refractivity contribution in [1.29, 1.82) is 0 Å². The molecule has 0 aliphatic carbocycles. The van der Waals surface area contributed by atoms with Gasteiger partial charge < -0.3 is 10.0 Å². The summed E-state index contributed by atoms with van der Waals surface area (Å²) in [6.45, 7) is 3.68. The maximum absolute atomic E-state index is 12.9. The Kier molecular flexibility index (Phi) is 6.07. The van der Waals surface area contributed by atoms with Gasteiger partial charge in [-0.2, -0.15) is 0 Å². The zero-order chi connectivity index (χ0) is 20.5. The number of halogens is 2. The number of carboxylic acids is 1. The van der Waals surface area contributed by atoms with Crippen molar-refractivity contribution in [2.75, 3.05) is 22.7 Å². The summed E-state index contributed by atoms with van der Waals surface area (Å²) in [5.74, 6) is -0.666. The third kappa shape index (κ3) is 4.54. The van der Waals surface area contributed by atoms with Gasteiger partial charge in [-0.3, -0.25) is 4.72 Å². The lowest BCUT2D eigenvalue weighted by Gasteiger charge is -2.34. The molecule has 1 saturated heterocycles. The number of nitrogens with one attached hydrogen (secondary N) is 1. The summed E-state index contributed by atoms with van der Waals surface area (Å²) >= 11 is 11.8. The Morgan fingerprint density at radius 1 is 1.18 bits per heavy atom. The van der Waals surface area contributed by atoms with Gasteiger partial charge in [-0.25, -0.2) is 13.2 Å². The molecule has 1 heterocycles. The number of piperidine rings is 1. The Bertz CT molecular complexity index is 1010. The molecular formula is C19H20Cl2N2O4S. The molecule has 2 N–H and O–H groups in total. The normalized spacial score (nSPS) is 17.4. The van der Waals surface area contributed by atoms with Crippen molar-refractivity contribution in [3.63, 3.8) is 0 Å². The summed E-state index contributed by atoms with van der Waals surface area (Å²) in [7, 11) is -3.98. The van der Waals surface area contributed by atoms with Crippen molar-refractivity contribution in [3.8, 4) is 0 Å². The highest BCUT2D eigenvalue weighted by atomic mass is 35.5. The summed E-state index contributed by atoms with van der Waals surface area (Å²) in [5.41, 5.74) is 0.876. The average molecular weight is 443 g/mol. The van der Waals surface area contributed by atoms with Crippen LogP contribution >= 0.6 is 23.2 Å². The number of hydrogen-bond acceptors (Lipinski definition) is 4. The molecule has 1 atom stereocenters. The molecule has 0 amide bonds. The first-order chi connectivity index (χ1) is 13.2. The van der Waals surface area contributed by atoms with Crippen LogP contribution in [0.1, 0.15) is 30.1 Å². The molecule has 0 saturated carbocycles. The van der Waals surface area contributed by atoms with Crippen molar-refractivity contribution < 1.29 is 18.3 Å². The number of benzene rings is 2. The molecule has 1 fully saturated rings. The van der Waals surface area contributed by atoms with E-state index >= 15 is 0 Å². The Labute approximate surface area is 174 Å². The van der Waals surface area contributed by atoms with Crippen LogP contribution in [0.5, 0.6) is 0 Å². The van der Waals surface area contributed by atoms with Crippen LogP contribution in [0.3, 0.4) is 0 Å². The molecule has 1 unspecified atom stereocenters. The minimum absolute atomic E-state index is 0.000599. The number of anilines is 2. The highest BCUT2D eigenvalue weighted by molar-refractivity contribution is 7.92. The molecule has 1 aliphatic rings. The molecule has 3 rings (SSSR count). The lowest BCUT2D eigenvalue weighted by atomic mass is 9.99. The first-order valence-electron chi connectivity index (χ1n) is 8.77. The Morgan fingerprint density at radius 2 is 1.93 bits per heavy atom. The van der Waals surface area contributed by atoms with Crippen LogP contribution in [0.4, 0.5) is 11.4 Å². The first kappa shape index (κ1) is 20.8. The molecule has 9 heteroatoms. The summed E-state index contributed by atoms with van der Waals surface area (Å²) in [5, 5.41) is 9.68. The third-order valence-corrected chi connectivity index (χ3v) is 6.79. The standard InChI is InChI=1S/C19H20Cl2N2O4S/c1-12-3-2-8-23(11-12)18-7-4-13(19(24)25)9-17(18)22-28(26,27)14-5-6-15(20)16(21)10-14/h4-7,9-10,12,22H,2-3,8,11H2,1H3,(H,24,25). The molecule has 0 radical (unpaired) electrons. The van der Waals surface area contributed by atoms with Crippen LogP contribution < -0.4 is 9.62 Å². The molecule has 2 aromatic rings. The van der Waals surface area contributed by atoms with E-state index in [1.54, 1.807) is 6.07 Å². The van der Waals surface area contributed by atoms with Crippen LogP contribution in [0.2, 0.25) is 10.0 Å². The van der Waals surface area contributed by atoms with E-state index in [0.29, 0.717) is 11.6 Å². The number of nitrogens with zero attached hydrogens (tertiary/aromatic N) is 1. The van der Waals surface area contributed by atoms with E-state index in [1.807, 2.05) is 0 Å². The van der Waals surface area contributed by atoms with Gasteiger partial charge in [-0.05, 0) is 55.2 Å². The Balaban J connectivity index is 2.01. The molecule has 1 aliphatic heterocycles. The molecule has 0 bridgehead atoms. The smallest absolute Gasteiger partial charge is 0.335 e. The average Bonchev–Trinajstić information content (AvgIpc) is 2.63. The first-order valence-corrected chi connectivity index (χ1v) is 11.0. The third-order valence-electron chi connectivity index (χ3n) is 4.69. The van der Waals surface area contributed by atoms with E-state index in [0.717, 1.165) is 25.9 Å². The monoisotopic (exact) mass is 442 g/mol. The van der Waals surface area contributed by atoms with Crippen molar-refractivity contribution in [2.45, 2.75) is 24.7 Å².